The number of hydrogen-bond donors (Lipinski definition) is 4. The largest absolute Gasteiger partial charge is 0.506 e. The number of oxime groups is 1. The summed E-state index contributed by atoms with van der Waals surface area (Å²) < 4.78 is 0. The van der Waals surface area contributed by atoms with Gasteiger partial charge in [0.05, 0.1) is 5.02 Å². The molecule has 7 heteroatoms. The second kappa shape index (κ2) is 6.15. The minimum Gasteiger partial charge on any atom is -0.506 e. The summed E-state index contributed by atoms with van der Waals surface area (Å²) in [5, 5.41) is 23.5. The van der Waals surface area contributed by atoms with Crippen LogP contribution in [0.4, 0.5) is 5.69 Å². The number of amidine groups is 1. The molecule has 0 atom stereocenters. The molecule has 0 aliphatic carbocycles. The Labute approximate surface area is 125 Å². The zero-order valence-electron chi connectivity index (χ0n) is 10.7. The van der Waals surface area contributed by atoms with Gasteiger partial charge in [-0.15, -0.1) is 0 Å². The lowest BCUT2D eigenvalue weighted by Gasteiger charge is -2.07. The normalized spacial score (nSPS) is 11.2. The van der Waals surface area contributed by atoms with Crippen LogP contribution < -0.4 is 11.1 Å². The van der Waals surface area contributed by atoms with Crippen LogP contribution in [0.5, 0.6) is 5.75 Å². The van der Waals surface area contributed by atoms with Gasteiger partial charge >= 0.3 is 0 Å². The van der Waals surface area contributed by atoms with Crippen LogP contribution in [0.2, 0.25) is 5.02 Å². The third-order valence-corrected chi connectivity index (χ3v) is 3.06. The van der Waals surface area contributed by atoms with Crippen LogP contribution in [-0.2, 0) is 0 Å². The molecule has 0 heterocycles. The van der Waals surface area contributed by atoms with Crippen molar-refractivity contribution < 1.29 is 15.1 Å². The van der Waals surface area contributed by atoms with Crippen molar-refractivity contribution in [3.05, 3.63) is 58.6 Å². The van der Waals surface area contributed by atoms with E-state index in [4.69, 9.17) is 22.5 Å². The molecule has 0 bridgehead atoms. The molecule has 2 aromatic carbocycles. The van der Waals surface area contributed by atoms with Gasteiger partial charge in [0.25, 0.3) is 5.91 Å². The van der Waals surface area contributed by atoms with Gasteiger partial charge in [0.2, 0.25) is 0 Å². The van der Waals surface area contributed by atoms with Crippen molar-refractivity contribution in [1.82, 2.24) is 0 Å². The summed E-state index contributed by atoms with van der Waals surface area (Å²) >= 11 is 5.75. The van der Waals surface area contributed by atoms with Gasteiger partial charge in [0.15, 0.2) is 5.84 Å². The summed E-state index contributed by atoms with van der Waals surface area (Å²) in [6, 6.07) is 10.6. The number of nitrogens with one attached hydrogen (secondary N) is 1. The van der Waals surface area contributed by atoms with E-state index in [2.05, 4.69) is 10.5 Å². The topological polar surface area (TPSA) is 108 Å². The first-order valence-electron chi connectivity index (χ1n) is 5.89. The SMILES string of the molecule is N/C(=N/O)c1ccc(NC(=O)c2ccc(O)c(Cl)c2)cc1. The molecule has 0 fully saturated rings. The number of benzene rings is 2. The van der Waals surface area contributed by atoms with Gasteiger partial charge in [-0.05, 0) is 42.5 Å². The lowest BCUT2D eigenvalue weighted by atomic mass is 10.1. The average molecular weight is 306 g/mol. The van der Waals surface area contributed by atoms with E-state index in [-0.39, 0.29) is 22.5 Å². The van der Waals surface area contributed by atoms with E-state index in [1.165, 1.54) is 18.2 Å². The number of phenols is 1. The minimum atomic E-state index is -0.367. The molecule has 0 radical (unpaired) electrons. The Morgan fingerprint density at radius 1 is 1.14 bits per heavy atom. The number of nitrogens with two attached hydrogens (primary N) is 1. The van der Waals surface area contributed by atoms with Crippen molar-refractivity contribution in [2.45, 2.75) is 0 Å². The Morgan fingerprint density at radius 2 is 1.76 bits per heavy atom. The molecule has 5 N–H and O–H groups in total. The fraction of sp³-hybridized carbons (Fsp3) is 0. The number of carbonyl (C=O) groups is 1. The van der Waals surface area contributed by atoms with E-state index in [9.17, 15) is 9.90 Å². The molecule has 6 nitrogen and oxygen atoms in total. The van der Waals surface area contributed by atoms with Crippen molar-refractivity contribution in [2.24, 2.45) is 10.9 Å². The van der Waals surface area contributed by atoms with Crippen LogP contribution in [0.1, 0.15) is 15.9 Å². The van der Waals surface area contributed by atoms with Crippen molar-refractivity contribution in [3.8, 4) is 5.75 Å². The Hall–Kier alpha value is -2.73. The van der Waals surface area contributed by atoms with Crippen molar-refractivity contribution in [2.75, 3.05) is 5.32 Å². The zero-order valence-corrected chi connectivity index (χ0v) is 11.5. The molecular weight excluding hydrogens is 294 g/mol. The number of rotatable bonds is 3. The standard InChI is InChI=1S/C14H12ClN3O3/c15-11-7-9(3-6-12(11)19)14(20)17-10-4-1-8(2-5-10)13(16)18-21/h1-7,19,21H,(H2,16,18)(H,17,20). The molecule has 108 valence electrons. The highest BCUT2D eigenvalue weighted by atomic mass is 35.5. The second-order valence-corrected chi connectivity index (χ2v) is 4.59. The Morgan fingerprint density at radius 3 is 2.33 bits per heavy atom. The van der Waals surface area contributed by atoms with Crippen LogP contribution in [0.3, 0.4) is 0 Å². The van der Waals surface area contributed by atoms with Crippen LogP contribution >= 0.6 is 11.6 Å². The van der Waals surface area contributed by atoms with Crippen LogP contribution in [0.25, 0.3) is 0 Å². The van der Waals surface area contributed by atoms with E-state index in [0.29, 0.717) is 16.8 Å². The van der Waals surface area contributed by atoms with E-state index in [0.717, 1.165) is 0 Å². The highest BCUT2D eigenvalue weighted by Crippen LogP contribution is 2.24. The van der Waals surface area contributed by atoms with Gasteiger partial charge in [-0.3, -0.25) is 4.79 Å². The monoisotopic (exact) mass is 305 g/mol. The number of amides is 1. The number of carbonyl (C=O) groups excluding carboxylic acids is 1. The number of aromatic hydroxyl groups is 1. The molecule has 0 spiro atoms. The Balaban J connectivity index is 2.14. The van der Waals surface area contributed by atoms with Crippen LogP contribution in [-0.4, -0.2) is 22.1 Å². The van der Waals surface area contributed by atoms with Gasteiger partial charge in [-0.25, -0.2) is 0 Å². The predicted octanol–water partition coefficient (Wildman–Crippen LogP) is 2.39. The predicted molar refractivity (Wildman–Crippen MR) is 80.0 cm³/mol. The number of halogens is 1. The lowest BCUT2D eigenvalue weighted by molar-refractivity contribution is 0.102. The van der Waals surface area contributed by atoms with Crippen molar-refractivity contribution >= 4 is 29.0 Å². The summed E-state index contributed by atoms with van der Waals surface area (Å²) in [6.45, 7) is 0. The van der Waals surface area contributed by atoms with E-state index in [1.54, 1.807) is 24.3 Å². The molecule has 21 heavy (non-hydrogen) atoms. The lowest BCUT2D eigenvalue weighted by Crippen LogP contribution is -2.14. The fourth-order valence-corrected chi connectivity index (χ4v) is 1.81. The zero-order chi connectivity index (χ0) is 15.4. The summed E-state index contributed by atoms with van der Waals surface area (Å²) in [5.41, 5.74) is 6.83. The number of hydrogen-bond acceptors (Lipinski definition) is 4. The van der Waals surface area contributed by atoms with E-state index < -0.39 is 0 Å². The van der Waals surface area contributed by atoms with Crippen LogP contribution in [0.15, 0.2) is 47.6 Å². The highest BCUT2D eigenvalue weighted by Gasteiger charge is 2.09. The summed E-state index contributed by atoms with van der Waals surface area (Å²) in [4.78, 5) is 12.0. The molecule has 0 aliphatic rings. The first kappa shape index (κ1) is 14.7. The molecule has 1 amide bonds. The molecular formula is C14H12ClN3O3. The van der Waals surface area contributed by atoms with E-state index >= 15 is 0 Å². The third kappa shape index (κ3) is 3.43. The minimum absolute atomic E-state index is 0.0156. The maximum Gasteiger partial charge on any atom is 0.255 e. The second-order valence-electron chi connectivity index (χ2n) is 4.18. The average Bonchev–Trinajstić information content (AvgIpc) is 2.50. The molecule has 2 rings (SSSR count). The fourth-order valence-electron chi connectivity index (χ4n) is 1.63. The maximum absolute atomic E-state index is 12.0. The first-order valence-corrected chi connectivity index (χ1v) is 6.27. The quantitative estimate of drug-likeness (QED) is 0.302. The van der Waals surface area contributed by atoms with Gasteiger partial charge in [0, 0.05) is 16.8 Å². The number of anilines is 1. The van der Waals surface area contributed by atoms with Crippen molar-refractivity contribution in [1.29, 1.82) is 0 Å². The molecule has 2 aromatic rings. The Bertz CT molecular complexity index is 699. The highest BCUT2D eigenvalue weighted by molar-refractivity contribution is 6.32. The molecule has 0 aliphatic heterocycles. The molecule has 0 saturated heterocycles. The van der Waals surface area contributed by atoms with Crippen molar-refractivity contribution in [3.63, 3.8) is 0 Å². The molecule has 0 unspecified atom stereocenters. The van der Waals surface area contributed by atoms with Gasteiger partial charge in [-0.2, -0.15) is 0 Å². The Kier molecular flexibility index (Phi) is 4.30. The summed E-state index contributed by atoms with van der Waals surface area (Å²) in [7, 11) is 0. The van der Waals surface area contributed by atoms with Gasteiger partial charge in [0.1, 0.15) is 5.75 Å². The summed E-state index contributed by atoms with van der Waals surface area (Å²) in [6.07, 6.45) is 0. The summed E-state index contributed by atoms with van der Waals surface area (Å²) in [5.74, 6) is -0.469. The van der Waals surface area contributed by atoms with Crippen LogP contribution in [0, 0.1) is 0 Å². The number of phenolic OH excluding ortho intramolecular Hbond substituents is 1. The smallest absolute Gasteiger partial charge is 0.255 e. The van der Waals surface area contributed by atoms with Gasteiger partial charge < -0.3 is 21.4 Å². The first-order chi connectivity index (χ1) is 10.0. The third-order valence-electron chi connectivity index (χ3n) is 2.76. The van der Waals surface area contributed by atoms with E-state index in [1.807, 2.05) is 0 Å². The molecule has 0 saturated carbocycles. The number of nitrogens with zero attached hydrogens (tertiary/aromatic N) is 1. The maximum atomic E-state index is 12.0. The molecule has 0 aromatic heterocycles. The van der Waals surface area contributed by atoms with Gasteiger partial charge in [-0.1, -0.05) is 16.8 Å².